The fourth-order valence-corrected chi connectivity index (χ4v) is 3.22. The predicted molar refractivity (Wildman–Crippen MR) is 80.6 cm³/mol. The molecule has 0 bridgehead atoms. The minimum Gasteiger partial charge on any atom is -0.497 e. The molecule has 1 aliphatic carbocycles. The summed E-state index contributed by atoms with van der Waals surface area (Å²) in [5.41, 5.74) is 7.03. The molecular formula is C17H20N2O. The molecule has 0 aromatic heterocycles. The van der Waals surface area contributed by atoms with E-state index in [0.29, 0.717) is 5.92 Å². The summed E-state index contributed by atoms with van der Waals surface area (Å²) in [5.74, 6) is 7.13. The molecule has 1 aliphatic rings. The SMILES string of the molecule is COc1cccc(C(NN)C2CCc3ccccc32)c1. The zero-order valence-corrected chi connectivity index (χ0v) is 11.7. The number of methoxy groups -OCH3 is 1. The first-order chi connectivity index (χ1) is 9.83. The smallest absolute Gasteiger partial charge is 0.119 e. The zero-order chi connectivity index (χ0) is 13.9. The van der Waals surface area contributed by atoms with Crippen molar-refractivity contribution >= 4 is 0 Å². The van der Waals surface area contributed by atoms with E-state index in [9.17, 15) is 0 Å². The van der Waals surface area contributed by atoms with Crippen LogP contribution in [0.3, 0.4) is 0 Å². The molecule has 20 heavy (non-hydrogen) atoms. The van der Waals surface area contributed by atoms with Crippen LogP contribution >= 0.6 is 0 Å². The molecule has 0 fully saturated rings. The van der Waals surface area contributed by atoms with Crippen molar-refractivity contribution in [3.05, 3.63) is 65.2 Å². The number of nitrogens with two attached hydrogens (primary N) is 1. The van der Waals surface area contributed by atoms with Gasteiger partial charge in [0.15, 0.2) is 0 Å². The topological polar surface area (TPSA) is 47.3 Å². The Kier molecular flexibility index (Phi) is 3.72. The molecule has 104 valence electrons. The quantitative estimate of drug-likeness (QED) is 0.662. The Morgan fingerprint density at radius 1 is 1.20 bits per heavy atom. The van der Waals surface area contributed by atoms with E-state index in [0.717, 1.165) is 18.6 Å². The molecule has 0 saturated heterocycles. The lowest BCUT2D eigenvalue weighted by atomic mass is 9.88. The number of rotatable bonds is 4. The standard InChI is InChI=1S/C17H20N2O/c1-20-14-7-4-6-13(11-14)17(19-18)16-10-9-12-5-2-3-8-15(12)16/h2-8,11,16-17,19H,9-10,18H2,1H3. The first-order valence-electron chi connectivity index (χ1n) is 7.01. The summed E-state index contributed by atoms with van der Waals surface area (Å²) < 4.78 is 5.31. The van der Waals surface area contributed by atoms with Crippen LogP contribution in [-0.2, 0) is 6.42 Å². The Morgan fingerprint density at radius 2 is 2.05 bits per heavy atom. The molecule has 2 aromatic carbocycles. The van der Waals surface area contributed by atoms with E-state index in [2.05, 4.69) is 41.8 Å². The number of benzene rings is 2. The van der Waals surface area contributed by atoms with Crippen molar-refractivity contribution in [3.63, 3.8) is 0 Å². The highest BCUT2D eigenvalue weighted by molar-refractivity contribution is 5.39. The van der Waals surface area contributed by atoms with Gasteiger partial charge >= 0.3 is 0 Å². The van der Waals surface area contributed by atoms with Crippen molar-refractivity contribution in [1.82, 2.24) is 5.43 Å². The first-order valence-corrected chi connectivity index (χ1v) is 7.01. The van der Waals surface area contributed by atoms with E-state index in [4.69, 9.17) is 10.6 Å². The number of hydrogen-bond donors (Lipinski definition) is 2. The second-order valence-corrected chi connectivity index (χ2v) is 5.26. The molecule has 3 rings (SSSR count). The number of fused-ring (bicyclic) bond motifs is 1. The summed E-state index contributed by atoms with van der Waals surface area (Å²) in [7, 11) is 1.69. The highest BCUT2D eigenvalue weighted by atomic mass is 16.5. The fraction of sp³-hybridized carbons (Fsp3) is 0.294. The van der Waals surface area contributed by atoms with Crippen molar-refractivity contribution in [1.29, 1.82) is 0 Å². The van der Waals surface area contributed by atoms with E-state index in [1.54, 1.807) is 7.11 Å². The fourth-order valence-electron chi connectivity index (χ4n) is 3.22. The van der Waals surface area contributed by atoms with Crippen LogP contribution in [0.25, 0.3) is 0 Å². The van der Waals surface area contributed by atoms with E-state index in [1.807, 2.05) is 12.1 Å². The van der Waals surface area contributed by atoms with Gasteiger partial charge < -0.3 is 4.74 Å². The van der Waals surface area contributed by atoms with Gasteiger partial charge in [-0.2, -0.15) is 0 Å². The van der Waals surface area contributed by atoms with Crippen molar-refractivity contribution in [2.75, 3.05) is 7.11 Å². The second-order valence-electron chi connectivity index (χ2n) is 5.26. The monoisotopic (exact) mass is 268 g/mol. The Hall–Kier alpha value is -1.84. The van der Waals surface area contributed by atoms with Gasteiger partial charge in [-0.1, -0.05) is 36.4 Å². The number of hydrazine groups is 1. The first kappa shape index (κ1) is 13.2. The molecule has 3 nitrogen and oxygen atoms in total. The largest absolute Gasteiger partial charge is 0.497 e. The maximum Gasteiger partial charge on any atom is 0.119 e. The lowest BCUT2D eigenvalue weighted by molar-refractivity contribution is 0.409. The van der Waals surface area contributed by atoms with Crippen LogP contribution in [0.1, 0.15) is 35.1 Å². The van der Waals surface area contributed by atoms with Gasteiger partial charge in [0.25, 0.3) is 0 Å². The third-order valence-electron chi connectivity index (χ3n) is 4.21. The summed E-state index contributed by atoms with van der Waals surface area (Å²) in [5, 5.41) is 0. The minimum absolute atomic E-state index is 0.119. The average Bonchev–Trinajstić information content (AvgIpc) is 2.93. The molecule has 2 aromatic rings. The minimum atomic E-state index is 0.119. The molecule has 3 heteroatoms. The molecule has 0 spiro atoms. The molecule has 0 amide bonds. The Bertz CT molecular complexity index is 597. The van der Waals surface area contributed by atoms with Gasteiger partial charge in [-0.05, 0) is 41.7 Å². The van der Waals surface area contributed by atoms with E-state index in [-0.39, 0.29) is 6.04 Å². The number of ether oxygens (including phenoxy) is 1. The summed E-state index contributed by atoms with van der Waals surface area (Å²) in [6.07, 6.45) is 2.26. The summed E-state index contributed by atoms with van der Waals surface area (Å²) >= 11 is 0. The van der Waals surface area contributed by atoms with Crippen LogP contribution in [0.4, 0.5) is 0 Å². The van der Waals surface area contributed by atoms with Gasteiger partial charge in [0.2, 0.25) is 0 Å². The lowest BCUT2D eigenvalue weighted by Crippen LogP contribution is -2.32. The molecule has 0 aliphatic heterocycles. The van der Waals surface area contributed by atoms with Gasteiger partial charge in [-0.25, -0.2) is 0 Å². The van der Waals surface area contributed by atoms with Crippen LogP contribution < -0.4 is 16.0 Å². The van der Waals surface area contributed by atoms with E-state index < -0.39 is 0 Å². The van der Waals surface area contributed by atoms with Gasteiger partial charge in [0.05, 0.1) is 13.2 Å². The van der Waals surface area contributed by atoms with Crippen LogP contribution in [0.2, 0.25) is 0 Å². The average molecular weight is 268 g/mol. The maximum atomic E-state index is 5.84. The molecule has 2 atom stereocenters. The maximum absolute atomic E-state index is 5.84. The van der Waals surface area contributed by atoms with Gasteiger partial charge in [-0.3, -0.25) is 11.3 Å². The number of nitrogens with one attached hydrogen (secondary N) is 1. The van der Waals surface area contributed by atoms with Crippen LogP contribution in [0, 0.1) is 0 Å². The third-order valence-corrected chi connectivity index (χ3v) is 4.21. The summed E-state index contributed by atoms with van der Waals surface area (Å²) in [6.45, 7) is 0. The van der Waals surface area contributed by atoms with Crippen LogP contribution in [-0.4, -0.2) is 7.11 Å². The van der Waals surface area contributed by atoms with Crippen molar-refractivity contribution < 1.29 is 4.74 Å². The van der Waals surface area contributed by atoms with Crippen molar-refractivity contribution in [3.8, 4) is 5.75 Å². The molecular weight excluding hydrogens is 248 g/mol. The van der Waals surface area contributed by atoms with Gasteiger partial charge in [-0.15, -0.1) is 0 Å². The Balaban J connectivity index is 1.95. The Labute approximate surface area is 119 Å². The van der Waals surface area contributed by atoms with Gasteiger partial charge in [0.1, 0.15) is 5.75 Å². The van der Waals surface area contributed by atoms with Crippen LogP contribution in [0.5, 0.6) is 5.75 Å². The normalized spacial score (nSPS) is 18.6. The molecule has 0 heterocycles. The lowest BCUT2D eigenvalue weighted by Gasteiger charge is -2.24. The molecule has 0 radical (unpaired) electrons. The molecule has 2 unspecified atom stereocenters. The van der Waals surface area contributed by atoms with Crippen molar-refractivity contribution in [2.24, 2.45) is 5.84 Å². The summed E-state index contributed by atoms with van der Waals surface area (Å²) in [6, 6.07) is 16.9. The van der Waals surface area contributed by atoms with Crippen molar-refractivity contribution in [2.45, 2.75) is 24.8 Å². The molecule has 3 N–H and O–H groups in total. The highest BCUT2D eigenvalue weighted by Crippen LogP contribution is 2.41. The third kappa shape index (κ3) is 2.30. The summed E-state index contributed by atoms with van der Waals surface area (Å²) in [4.78, 5) is 0. The second kappa shape index (κ2) is 5.65. The number of aryl methyl sites for hydroxylation is 1. The Morgan fingerprint density at radius 3 is 2.85 bits per heavy atom. The van der Waals surface area contributed by atoms with Crippen LogP contribution in [0.15, 0.2) is 48.5 Å². The highest BCUT2D eigenvalue weighted by Gasteiger charge is 2.30. The number of hydrogen-bond acceptors (Lipinski definition) is 3. The van der Waals surface area contributed by atoms with Gasteiger partial charge in [0, 0.05) is 5.92 Å². The van der Waals surface area contributed by atoms with E-state index in [1.165, 1.54) is 16.7 Å². The molecule has 0 saturated carbocycles. The zero-order valence-electron chi connectivity index (χ0n) is 11.7. The van der Waals surface area contributed by atoms with E-state index >= 15 is 0 Å². The predicted octanol–water partition coefficient (Wildman–Crippen LogP) is 2.93.